The van der Waals surface area contributed by atoms with E-state index < -0.39 is 0 Å². The van der Waals surface area contributed by atoms with Gasteiger partial charge in [-0.15, -0.1) is 12.4 Å². The van der Waals surface area contributed by atoms with E-state index in [9.17, 15) is 14.4 Å². The molecule has 0 atom stereocenters. The zero-order valence-electron chi connectivity index (χ0n) is 29.9. The number of hydrogen-bond donors (Lipinski definition) is 0. The van der Waals surface area contributed by atoms with E-state index in [1.807, 2.05) is 0 Å². The molecule has 0 bridgehead atoms. The average molecular weight is 721 g/mol. The molecule has 0 aliphatic carbocycles. The highest BCUT2D eigenvalue weighted by molar-refractivity contribution is 6.64. The summed E-state index contributed by atoms with van der Waals surface area (Å²) in [6, 6.07) is 0. The predicted molar refractivity (Wildman–Crippen MR) is 205 cm³/mol. The Labute approximate surface area is 302 Å². The van der Waals surface area contributed by atoms with Crippen LogP contribution in [0.5, 0.6) is 0 Å². The third-order valence-electron chi connectivity index (χ3n) is 7.98. The van der Waals surface area contributed by atoms with Crippen molar-refractivity contribution in [1.29, 1.82) is 0 Å². The fraction of sp³-hybridized carbons (Fsp3) is 0.921. The third-order valence-corrected chi connectivity index (χ3v) is 8.63. The Morgan fingerprint density at radius 1 is 0.311 bits per heavy atom. The average Bonchev–Trinajstić information content (AvgIpc) is 2.99. The molecule has 0 aromatic carbocycles. The van der Waals surface area contributed by atoms with E-state index >= 15 is 0 Å². The molecule has 3 nitrogen and oxygen atoms in total. The van der Waals surface area contributed by atoms with Gasteiger partial charge in [0.1, 0.15) is 0 Å². The van der Waals surface area contributed by atoms with Gasteiger partial charge in [-0.1, -0.05) is 194 Å². The molecule has 272 valence electrons. The van der Waals surface area contributed by atoms with Gasteiger partial charge in [0.2, 0.25) is 15.7 Å². The first-order valence-electron chi connectivity index (χ1n) is 18.9. The van der Waals surface area contributed by atoms with Crippen LogP contribution < -0.4 is 0 Å². The second-order valence-corrected chi connectivity index (χ2v) is 13.7. The van der Waals surface area contributed by atoms with Crippen molar-refractivity contribution in [3.05, 3.63) is 0 Å². The summed E-state index contributed by atoms with van der Waals surface area (Å²) in [6.07, 6.45) is 40.6. The molecule has 0 unspecified atom stereocenters. The number of halogens is 4. The predicted octanol–water partition coefficient (Wildman–Crippen LogP) is 15.2. The molecule has 0 aromatic heterocycles. The van der Waals surface area contributed by atoms with Crippen molar-refractivity contribution in [3.63, 3.8) is 0 Å². The van der Waals surface area contributed by atoms with Crippen molar-refractivity contribution in [2.24, 2.45) is 0 Å². The van der Waals surface area contributed by atoms with E-state index in [0.29, 0.717) is 19.3 Å². The van der Waals surface area contributed by atoms with Crippen LogP contribution in [0.2, 0.25) is 0 Å². The van der Waals surface area contributed by atoms with Crippen molar-refractivity contribution in [2.75, 3.05) is 0 Å². The van der Waals surface area contributed by atoms with Crippen LogP contribution in [0.25, 0.3) is 0 Å². The van der Waals surface area contributed by atoms with Gasteiger partial charge in [-0.05, 0) is 47.6 Å². The van der Waals surface area contributed by atoms with Crippen molar-refractivity contribution >= 4 is 62.9 Å². The van der Waals surface area contributed by atoms with Crippen LogP contribution in [0, 0.1) is 0 Å². The molecule has 0 rings (SSSR count). The van der Waals surface area contributed by atoms with Gasteiger partial charge in [-0.25, -0.2) is 0 Å². The van der Waals surface area contributed by atoms with Crippen LogP contribution in [0.3, 0.4) is 0 Å². The Morgan fingerprint density at radius 3 is 0.600 bits per heavy atom. The monoisotopic (exact) mass is 718 g/mol. The van der Waals surface area contributed by atoms with Crippen molar-refractivity contribution in [1.82, 2.24) is 0 Å². The maximum absolute atomic E-state index is 10.5. The summed E-state index contributed by atoms with van der Waals surface area (Å²) in [5, 5.41) is -0.636. The summed E-state index contributed by atoms with van der Waals surface area (Å²) in [6.45, 7) is 6.26. The molecule has 0 radical (unpaired) electrons. The maximum Gasteiger partial charge on any atom is 0.221 e. The number of carbonyl (C=O) groups excluding carboxylic acids is 3. The SMILES string of the molecule is CCC(=O)Cl.CCCCCCCCCCCCCCCCC(=O)Cl.CCCCCCCCCCCCCCCCCC(=O)Cl.Cl. The first-order chi connectivity index (χ1) is 21.3. The summed E-state index contributed by atoms with van der Waals surface area (Å²) in [7, 11) is 0. The lowest BCUT2D eigenvalue weighted by Crippen LogP contribution is -1.86. The summed E-state index contributed by atoms with van der Waals surface area (Å²) >= 11 is 15.4. The number of carbonyl (C=O) groups is 3. The summed E-state index contributed by atoms with van der Waals surface area (Å²) in [5.74, 6) is 0. The fourth-order valence-electron chi connectivity index (χ4n) is 5.09. The highest BCUT2D eigenvalue weighted by Crippen LogP contribution is 2.15. The quantitative estimate of drug-likeness (QED) is 0.0513. The Morgan fingerprint density at radius 2 is 0.467 bits per heavy atom. The van der Waals surface area contributed by atoms with E-state index in [4.69, 9.17) is 34.8 Å². The topological polar surface area (TPSA) is 51.2 Å². The van der Waals surface area contributed by atoms with E-state index in [1.54, 1.807) is 6.92 Å². The molecule has 45 heavy (non-hydrogen) atoms. The summed E-state index contributed by atoms with van der Waals surface area (Å²) in [5.41, 5.74) is 0. The van der Waals surface area contributed by atoms with Gasteiger partial charge < -0.3 is 0 Å². The molecule has 0 N–H and O–H groups in total. The molecule has 0 aromatic rings. The summed E-state index contributed by atoms with van der Waals surface area (Å²) < 4.78 is 0. The smallest absolute Gasteiger partial charge is 0.221 e. The van der Waals surface area contributed by atoms with Gasteiger partial charge in [-0.3, -0.25) is 14.4 Å². The molecule has 0 aliphatic heterocycles. The van der Waals surface area contributed by atoms with Gasteiger partial charge in [0.15, 0.2) is 0 Å². The lowest BCUT2D eigenvalue weighted by molar-refractivity contribution is -0.112. The molecular formula is C38H74Cl4O3. The second-order valence-electron chi connectivity index (χ2n) is 12.5. The highest BCUT2D eigenvalue weighted by Gasteiger charge is 1.98. The van der Waals surface area contributed by atoms with Gasteiger partial charge in [0, 0.05) is 19.3 Å². The molecule has 0 heterocycles. The Kier molecular flexibility index (Phi) is 56.1. The number of unbranched alkanes of at least 4 members (excludes halogenated alkanes) is 27. The largest absolute Gasteiger partial charge is 0.281 e. The van der Waals surface area contributed by atoms with Crippen LogP contribution in [0.15, 0.2) is 0 Å². The van der Waals surface area contributed by atoms with E-state index in [1.165, 1.54) is 161 Å². The van der Waals surface area contributed by atoms with Crippen LogP contribution in [0.1, 0.15) is 226 Å². The van der Waals surface area contributed by atoms with Gasteiger partial charge in [0.25, 0.3) is 0 Å². The minimum atomic E-state index is -0.273. The summed E-state index contributed by atoms with van der Waals surface area (Å²) in [4.78, 5) is 30.6. The molecule has 0 saturated heterocycles. The molecular weight excluding hydrogens is 646 g/mol. The van der Waals surface area contributed by atoms with E-state index in [0.717, 1.165) is 25.7 Å². The normalized spacial score (nSPS) is 10.3. The lowest BCUT2D eigenvalue weighted by atomic mass is 10.0. The van der Waals surface area contributed by atoms with E-state index in [-0.39, 0.29) is 28.1 Å². The molecule has 0 saturated carbocycles. The van der Waals surface area contributed by atoms with Crippen molar-refractivity contribution in [3.8, 4) is 0 Å². The Bertz CT molecular complexity index is 587. The van der Waals surface area contributed by atoms with Crippen LogP contribution in [-0.2, 0) is 14.4 Å². The maximum atomic E-state index is 10.5. The van der Waals surface area contributed by atoms with Crippen LogP contribution in [0.4, 0.5) is 0 Å². The standard InChI is InChI=1S/C18H35ClO.C17H33ClO.C3H5ClO.ClH/c1-2-3-4-5-6-7-8-9-10-11-12-13-14-15-16-17-18(19)20;1-2-3-4-5-6-7-8-9-10-11-12-13-14-15-16-17(18)19;1-2-3(4)5;/h2-17H2,1H3;2-16H2,1H3;2H2,1H3;1H. The molecule has 0 fully saturated rings. The van der Waals surface area contributed by atoms with Crippen LogP contribution in [-0.4, -0.2) is 15.7 Å². The molecule has 7 heteroatoms. The first kappa shape index (κ1) is 52.0. The Balaban J connectivity index is -0.000000318. The third kappa shape index (κ3) is 63.5. The van der Waals surface area contributed by atoms with Gasteiger partial charge in [-0.2, -0.15) is 0 Å². The number of rotatable bonds is 32. The minimum Gasteiger partial charge on any atom is -0.281 e. The minimum absolute atomic E-state index is 0. The van der Waals surface area contributed by atoms with Gasteiger partial charge >= 0.3 is 0 Å². The first-order valence-corrected chi connectivity index (χ1v) is 20.0. The lowest BCUT2D eigenvalue weighted by Gasteiger charge is -2.03. The Hall–Kier alpha value is 0.170. The van der Waals surface area contributed by atoms with Crippen molar-refractivity contribution < 1.29 is 14.4 Å². The highest BCUT2D eigenvalue weighted by atomic mass is 35.5. The second kappa shape index (κ2) is 48.6. The van der Waals surface area contributed by atoms with Crippen molar-refractivity contribution in [2.45, 2.75) is 226 Å². The molecule has 0 amide bonds. The molecule has 0 aliphatic rings. The number of hydrogen-bond acceptors (Lipinski definition) is 3. The fourth-order valence-corrected chi connectivity index (χ4v) is 5.36. The van der Waals surface area contributed by atoms with Crippen LogP contribution >= 0.6 is 47.2 Å². The van der Waals surface area contributed by atoms with E-state index in [2.05, 4.69) is 13.8 Å². The zero-order valence-corrected chi connectivity index (χ0v) is 33.0. The van der Waals surface area contributed by atoms with Gasteiger partial charge in [0.05, 0.1) is 0 Å². The zero-order chi connectivity index (χ0) is 33.4. The molecule has 0 spiro atoms.